The topological polar surface area (TPSA) is 44.0 Å². The van der Waals surface area contributed by atoms with Crippen molar-refractivity contribution in [2.75, 3.05) is 0 Å². The Morgan fingerprint density at radius 2 is 1.44 bits per heavy atom. The zero-order valence-corrected chi connectivity index (χ0v) is 12.2. The molecule has 0 spiro atoms. The molecular formula is C13H15BrN2O2. The Kier molecular flexibility index (Phi) is 3.43. The van der Waals surface area contributed by atoms with E-state index in [1.54, 1.807) is 0 Å². The molecule has 96 valence electrons. The maximum atomic E-state index is 12.0. The van der Waals surface area contributed by atoms with Gasteiger partial charge in [0.1, 0.15) is 0 Å². The van der Waals surface area contributed by atoms with E-state index in [1.807, 2.05) is 32.9 Å². The molecule has 1 heterocycles. The van der Waals surface area contributed by atoms with Gasteiger partial charge in [-0.1, -0.05) is 15.9 Å². The van der Waals surface area contributed by atoms with Gasteiger partial charge in [0, 0.05) is 17.6 Å². The molecule has 0 amide bonds. The van der Waals surface area contributed by atoms with Crippen molar-refractivity contribution in [3.63, 3.8) is 0 Å². The Morgan fingerprint density at radius 3 is 1.89 bits per heavy atom. The molecule has 0 bridgehead atoms. The lowest BCUT2D eigenvalue weighted by Crippen LogP contribution is -2.41. The number of benzene rings is 1. The van der Waals surface area contributed by atoms with Crippen LogP contribution in [0.1, 0.15) is 19.4 Å². The molecule has 5 heteroatoms. The van der Waals surface area contributed by atoms with Gasteiger partial charge in [0.25, 0.3) is 0 Å². The highest BCUT2D eigenvalue weighted by Crippen LogP contribution is 2.22. The predicted octanol–water partition coefficient (Wildman–Crippen LogP) is 2.27. The zero-order valence-electron chi connectivity index (χ0n) is 10.7. The van der Waals surface area contributed by atoms with Gasteiger partial charge in [0.2, 0.25) is 0 Å². The summed E-state index contributed by atoms with van der Waals surface area (Å²) in [5.74, 6) is 0. The Bertz CT molecular complexity index is 666. The molecule has 0 aliphatic rings. The Morgan fingerprint density at radius 1 is 1.00 bits per heavy atom. The molecule has 1 aromatic heterocycles. The van der Waals surface area contributed by atoms with Gasteiger partial charge in [0.05, 0.1) is 11.0 Å². The predicted molar refractivity (Wildman–Crippen MR) is 76.3 cm³/mol. The molecular weight excluding hydrogens is 296 g/mol. The van der Waals surface area contributed by atoms with Crippen molar-refractivity contribution in [2.24, 2.45) is 0 Å². The summed E-state index contributed by atoms with van der Waals surface area (Å²) in [5.41, 5.74) is 1.74. The van der Waals surface area contributed by atoms with Crippen LogP contribution < -0.4 is 11.1 Å². The first-order valence-corrected chi connectivity index (χ1v) is 6.74. The monoisotopic (exact) mass is 310 g/mol. The minimum absolute atomic E-state index is 0.450. The standard InChI is InChI=1S/C13H15BrN2O2/c1-4-15-10-6-8(3)9(14)7-11(10)16(5-2)13(18)12(15)17/h6-7H,4-5H2,1-3H3. The minimum atomic E-state index is -0.456. The number of hydrogen-bond donors (Lipinski definition) is 0. The van der Waals surface area contributed by atoms with Crippen LogP contribution in [-0.4, -0.2) is 9.13 Å². The van der Waals surface area contributed by atoms with Crippen molar-refractivity contribution < 1.29 is 0 Å². The maximum Gasteiger partial charge on any atom is 0.316 e. The van der Waals surface area contributed by atoms with Gasteiger partial charge in [0.15, 0.2) is 0 Å². The normalized spacial score (nSPS) is 11.1. The van der Waals surface area contributed by atoms with E-state index in [0.717, 1.165) is 21.1 Å². The summed E-state index contributed by atoms with van der Waals surface area (Å²) in [5, 5.41) is 0. The fraction of sp³-hybridized carbons (Fsp3) is 0.385. The summed E-state index contributed by atoms with van der Waals surface area (Å²) in [6.07, 6.45) is 0. The van der Waals surface area contributed by atoms with Crippen molar-refractivity contribution in [3.05, 3.63) is 42.9 Å². The third-order valence-electron chi connectivity index (χ3n) is 3.14. The van der Waals surface area contributed by atoms with E-state index in [1.165, 1.54) is 9.13 Å². The van der Waals surface area contributed by atoms with Crippen LogP contribution in [0.5, 0.6) is 0 Å². The second-order valence-corrected chi connectivity index (χ2v) is 5.04. The molecule has 0 radical (unpaired) electrons. The molecule has 0 saturated carbocycles. The van der Waals surface area contributed by atoms with E-state index >= 15 is 0 Å². The summed E-state index contributed by atoms with van der Waals surface area (Å²) in [6, 6.07) is 3.84. The molecule has 0 aliphatic heterocycles. The lowest BCUT2D eigenvalue weighted by Gasteiger charge is -2.14. The maximum absolute atomic E-state index is 12.0. The van der Waals surface area contributed by atoms with Gasteiger partial charge in [-0.05, 0) is 38.5 Å². The van der Waals surface area contributed by atoms with E-state index in [2.05, 4.69) is 15.9 Å². The number of fused-ring (bicyclic) bond motifs is 1. The molecule has 18 heavy (non-hydrogen) atoms. The zero-order chi connectivity index (χ0) is 13.4. The molecule has 0 atom stereocenters. The van der Waals surface area contributed by atoms with E-state index in [0.29, 0.717) is 13.1 Å². The molecule has 1 aromatic carbocycles. The average Bonchev–Trinajstić information content (AvgIpc) is 2.34. The summed E-state index contributed by atoms with van der Waals surface area (Å²) in [7, 11) is 0. The minimum Gasteiger partial charge on any atom is -0.302 e. The average molecular weight is 311 g/mol. The highest BCUT2D eigenvalue weighted by molar-refractivity contribution is 9.10. The van der Waals surface area contributed by atoms with Crippen LogP contribution in [0.4, 0.5) is 0 Å². The summed E-state index contributed by atoms with van der Waals surface area (Å²) in [4.78, 5) is 24.0. The molecule has 0 fully saturated rings. The Balaban J connectivity index is 3.11. The highest BCUT2D eigenvalue weighted by atomic mass is 79.9. The molecule has 2 rings (SSSR count). The number of aryl methyl sites for hydroxylation is 3. The van der Waals surface area contributed by atoms with E-state index in [4.69, 9.17) is 0 Å². The molecule has 0 N–H and O–H groups in total. The van der Waals surface area contributed by atoms with E-state index in [-0.39, 0.29) is 0 Å². The third-order valence-corrected chi connectivity index (χ3v) is 4.00. The van der Waals surface area contributed by atoms with Crippen LogP contribution in [0.25, 0.3) is 11.0 Å². The molecule has 0 unspecified atom stereocenters. The van der Waals surface area contributed by atoms with Gasteiger partial charge in [-0.2, -0.15) is 0 Å². The van der Waals surface area contributed by atoms with Crippen molar-refractivity contribution in [2.45, 2.75) is 33.9 Å². The van der Waals surface area contributed by atoms with Crippen LogP contribution in [0, 0.1) is 6.92 Å². The second kappa shape index (κ2) is 4.72. The molecule has 0 aliphatic carbocycles. The number of rotatable bonds is 2. The number of halogens is 1. The van der Waals surface area contributed by atoms with Crippen LogP contribution in [0.3, 0.4) is 0 Å². The quantitative estimate of drug-likeness (QED) is 0.799. The van der Waals surface area contributed by atoms with Crippen molar-refractivity contribution in [1.29, 1.82) is 0 Å². The van der Waals surface area contributed by atoms with Crippen molar-refractivity contribution >= 4 is 27.0 Å². The SMILES string of the molecule is CCn1c(=O)c(=O)n(CC)c2cc(Br)c(C)cc21. The number of aromatic nitrogens is 2. The Labute approximate surface area is 113 Å². The molecule has 4 nitrogen and oxygen atoms in total. The first kappa shape index (κ1) is 13.1. The van der Waals surface area contributed by atoms with Gasteiger partial charge in [-0.3, -0.25) is 9.59 Å². The third kappa shape index (κ3) is 1.82. The fourth-order valence-electron chi connectivity index (χ4n) is 2.17. The van der Waals surface area contributed by atoms with Crippen LogP contribution in [-0.2, 0) is 13.1 Å². The summed E-state index contributed by atoms with van der Waals surface area (Å²) in [6.45, 7) is 6.69. The van der Waals surface area contributed by atoms with Crippen LogP contribution >= 0.6 is 15.9 Å². The molecule has 2 aromatic rings. The summed E-state index contributed by atoms with van der Waals surface area (Å²) >= 11 is 3.47. The van der Waals surface area contributed by atoms with E-state index < -0.39 is 11.1 Å². The lowest BCUT2D eigenvalue weighted by atomic mass is 10.2. The second-order valence-electron chi connectivity index (χ2n) is 4.19. The Hall–Kier alpha value is -1.36. The highest BCUT2D eigenvalue weighted by Gasteiger charge is 2.12. The smallest absolute Gasteiger partial charge is 0.302 e. The first-order chi connectivity index (χ1) is 8.51. The van der Waals surface area contributed by atoms with Gasteiger partial charge in [-0.25, -0.2) is 0 Å². The fourth-order valence-corrected chi connectivity index (χ4v) is 2.50. The van der Waals surface area contributed by atoms with Crippen LogP contribution in [0.15, 0.2) is 26.2 Å². The van der Waals surface area contributed by atoms with Gasteiger partial charge < -0.3 is 9.13 Å². The lowest BCUT2D eigenvalue weighted by molar-refractivity contribution is 0.682. The first-order valence-electron chi connectivity index (χ1n) is 5.94. The van der Waals surface area contributed by atoms with Crippen molar-refractivity contribution in [3.8, 4) is 0 Å². The van der Waals surface area contributed by atoms with Crippen molar-refractivity contribution in [1.82, 2.24) is 9.13 Å². The number of nitrogens with zero attached hydrogens (tertiary/aromatic N) is 2. The summed E-state index contributed by atoms with van der Waals surface area (Å²) < 4.78 is 4.00. The number of hydrogen-bond acceptors (Lipinski definition) is 2. The van der Waals surface area contributed by atoms with Gasteiger partial charge in [-0.15, -0.1) is 0 Å². The molecule has 0 saturated heterocycles. The van der Waals surface area contributed by atoms with Crippen LogP contribution in [0.2, 0.25) is 0 Å². The van der Waals surface area contributed by atoms with E-state index in [9.17, 15) is 9.59 Å². The largest absolute Gasteiger partial charge is 0.316 e. The van der Waals surface area contributed by atoms with Gasteiger partial charge >= 0.3 is 11.1 Å².